The number of nitrogen functional groups attached to an aromatic ring is 1. The molecule has 4 heteroatoms. The van der Waals surface area contributed by atoms with Gasteiger partial charge in [0.2, 0.25) is 0 Å². The van der Waals surface area contributed by atoms with Crippen molar-refractivity contribution < 1.29 is 14.3 Å². The molecule has 0 saturated carbocycles. The van der Waals surface area contributed by atoms with E-state index in [2.05, 4.69) is 0 Å². The molecule has 2 rings (SSSR count). The molecule has 4 nitrogen and oxygen atoms in total. The van der Waals surface area contributed by atoms with Gasteiger partial charge in [-0.3, -0.25) is 4.79 Å². The van der Waals surface area contributed by atoms with Crippen LogP contribution < -0.4 is 15.2 Å². The second kappa shape index (κ2) is 6.79. The highest BCUT2D eigenvalue weighted by Crippen LogP contribution is 2.31. The lowest BCUT2D eigenvalue weighted by molar-refractivity contribution is 0.0982. The molecule has 2 aromatic rings. The van der Waals surface area contributed by atoms with Crippen LogP contribution in [-0.4, -0.2) is 20.0 Å². The number of benzene rings is 2. The van der Waals surface area contributed by atoms with Crippen molar-refractivity contribution in [2.45, 2.75) is 12.8 Å². The molecule has 0 atom stereocenters. The van der Waals surface area contributed by atoms with Gasteiger partial charge in [-0.15, -0.1) is 0 Å². The maximum absolute atomic E-state index is 12.2. The molecule has 0 aliphatic heterocycles. The van der Waals surface area contributed by atoms with E-state index >= 15 is 0 Å². The van der Waals surface area contributed by atoms with E-state index in [1.54, 1.807) is 38.5 Å². The van der Waals surface area contributed by atoms with Crippen LogP contribution in [0.5, 0.6) is 11.5 Å². The van der Waals surface area contributed by atoms with Crippen molar-refractivity contribution in [2.75, 3.05) is 20.0 Å². The summed E-state index contributed by atoms with van der Waals surface area (Å²) in [5.74, 6) is 1.42. The summed E-state index contributed by atoms with van der Waals surface area (Å²) in [6.45, 7) is 0. The van der Waals surface area contributed by atoms with Gasteiger partial charge in [0.1, 0.15) is 0 Å². The number of carbonyl (C=O) groups is 1. The van der Waals surface area contributed by atoms with E-state index in [0.717, 1.165) is 5.56 Å². The molecule has 0 aliphatic carbocycles. The number of Topliss-reactive ketones (excluding diaryl/α,β-unsaturated/α-hetero) is 1. The summed E-state index contributed by atoms with van der Waals surface area (Å²) in [6, 6.07) is 12.7. The van der Waals surface area contributed by atoms with Crippen molar-refractivity contribution in [1.29, 1.82) is 0 Å². The van der Waals surface area contributed by atoms with E-state index < -0.39 is 0 Å². The first-order chi connectivity index (χ1) is 10.2. The van der Waals surface area contributed by atoms with Gasteiger partial charge in [-0.2, -0.15) is 0 Å². The zero-order chi connectivity index (χ0) is 15.2. The van der Waals surface area contributed by atoms with Gasteiger partial charge >= 0.3 is 0 Å². The van der Waals surface area contributed by atoms with E-state index in [0.29, 0.717) is 35.6 Å². The third-order valence-corrected chi connectivity index (χ3v) is 3.31. The summed E-state index contributed by atoms with van der Waals surface area (Å²) < 4.78 is 10.6. The third kappa shape index (κ3) is 3.54. The van der Waals surface area contributed by atoms with Crippen molar-refractivity contribution in [3.8, 4) is 11.5 Å². The third-order valence-electron chi connectivity index (χ3n) is 3.31. The molecule has 0 unspecified atom stereocenters. The first-order valence-corrected chi connectivity index (χ1v) is 6.74. The quantitative estimate of drug-likeness (QED) is 0.654. The Labute approximate surface area is 124 Å². The number of carbonyl (C=O) groups excluding carboxylic acids is 1. The largest absolute Gasteiger partial charge is 0.493 e. The number of methoxy groups -OCH3 is 2. The summed E-state index contributed by atoms with van der Waals surface area (Å²) in [6.07, 6.45) is 0.987. The SMILES string of the molecule is COc1cccc(CCC(=O)c2cccc(N)c2)c1OC. The van der Waals surface area contributed by atoms with E-state index in [-0.39, 0.29) is 5.78 Å². The molecule has 0 aromatic heterocycles. The first kappa shape index (κ1) is 14.9. The topological polar surface area (TPSA) is 61.5 Å². The Morgan fingerprint density at radius 1 is 1.10 bits per heavy atom. The number of ether oxygens (including phenoxy) is 2. The van der Waals surface area contributed by atoms with Gasteiger partial charge in [0.15, 0.2) is 17.3 Å². The van der Waals surface area contributed by atoms with Crippen LogP contribution in [0.4, 0.5) is 5.69 Å². The lowest BCUT2D eigenvalue weighted by Gasteiger charge is -2.12. The molecule has 0 aliphatic rings. The van der Waals surface area contributed by atoms with Gasteiger partial charge in [0.05, 0.1) is 14.2 Å². The van der Waals surface area contributed by atoms with Gasteiger partial charge in [0.25, 0.3) is 0 Å². The number of rotatable bonds is 6. The van der Waals surface area contributed by atoms with Gasteiger partial charge in [-0.25, -0.2) is 0 Å². The van der Waals surface area contributed by atoms with Gasteiger partial charge < -0.3 is 15.2 Å². The minimum atomic E-state index is 0.0622. The summed E-state index contributed by atoms with van der Waals surface area (Å²) in [7, 11) is 3.20. The molecule has 110 valence electrons. The van der Waals surface area contributed by atoms with Crippen molar-refractivity contribution in [1.82, 2.24) is 0 Å². The predicted molar refractivity (Wildman–Crippen MR) is 83.1 cm³/mol. The van der Waals surface area contributed by atoms with Crippen LogP contribution in [0.15, 0.2) is 42.5 Å². The average molecular weight is 285 g/mol. The minimum Gasteiger partial charge on any atom is -0.493 e. The van der Waals surface area contributed by atoms with Crippen molar-refractivity contribution >= 4 is 11.5 Å². The summed E-state index contributed by atoms with van der Waals surface area (Å²) in [5.41, 5.74) is 7.88. The zero-order valence-electron chi connectivity index (χ0n) is 12.3. The standard InChI is InChI=1S/C17H19NO3/c1-20-16-8-4-5-12(17(16)21-2)9-10-15(19)13-6-3-7-14(18)11-13/h3-8,11H,9-10,18H2,1-2H3. The Bertz CT molecular complexity index is 638. The van der Waals surface area contributed by atoms with Crippen LogP contribution in [0.3, 0.4) is 0 Å². The molecule has 0 spiro atoms. The number of ketones is 1. The normalized spacial score (nSPS) is 10.2. The van der Waals surface area contributed by atoms with Crippen molar-refractivity contribution in [2.24, 2.45) is 0 Å². The minimum absolute atomic E-state index is 0.0622. The lowest BCUT2D eigenvalue weighted by Crippen LogP contribution is -2.03. The number of hydrogen-bond acceptors (Lipinski definition) is 4. The maximum atomic E-state index is 12.2. The highest BCUT2D eigenvalue weighted by atomic mass is 16.5. The van der Waals surface area contributed by atoms with Crippen LogP contribution in [0.1, 0.15) is 22.3 Å². The molecule has 2 N–H and O–H groups in total. The Balaban J connectivity index is 2.11. The molecule has 0 amide bonds. The Morgan fingerprint density at radius 3 is 2.52 bits per heavy atom. The van der Waals surface area contributed by atoms with Crippen LogP contribution in [0.25, 0.3) is 0 Å². The van der Waals surface area contributed by atoms with Gasteiger partial charge in [-0.05, 0) is 30.2 Å². The van der Waals surface area contributed by atoms with E-state index in [1.165, 1.54) is 0 Å². The number of nitrogens with two attached hydrogens (primary N) is 1. The summed E-state index contributed by atoms with van der Waals surface area (Å²) in [5, 5.41) is 0. The molecular weight excluding hydrogens is 266 g/mol. The predicted octanol–water partition coefficient (Wildman–Crippen LogP) is 3.10. The van der Waals surface area contributed by atoms with Gasteiger partial charge in [-0.1, -0.05) is 24.3 Å². The number of hydrogen-bond donors (Lipinski definition) is 1. The van der Waals surface area contributed by atoms with E-state index in [9.17, 15) is 4.79 Å². The highest BCUT2D eigenvalue weighted by Gasteiger charge is 2.12. The van der Waals surface area contributed by atoms with Crippen LogP contribution >= 0.6 is 0 Å². The second-order valence-corrected chi connectivity index (χ2v) is 4.70. The molecule has 0 fully saturated rings. The fraction of sp³-hybridized carbons (Fsp3) is 0.235. The number of aryl methyl sites for hydroxylation is 1. The maximum Gasteiger partial charge on any atom is 0.163 e. The van der Waals surface area contributed by atoms with Crippen molar-refractivity contribution in [3.05, 3.63) is 53.6 Å². The number of anilines is 1. The molecule has 2 aromatic carbocycles. The van der Waals surface area contributed by atoms with Crippen LogP contribution in [0.2, 0.25) is 0 Å². The molecule has 0 bridgehead atoms. The Hall–Kier alpha value is -2.49. The fourth-order valence-corrected chi connectivity index (χ4v) is 2.26. The van der Waals surface area contributed by atoms with E-state index in [1.807, 2.05) is 18.2 Å². The second-order valence-electron chi connectivity index (χ2n) is 4.70. The average Bonchev–Trinajstić information content (AvgIpc) is 2.51. The van der Waals surface area contributed by atoms with E-state index in [4.69, 9.17) is 15.2 Å². The summed E-state index contributed by atoms with van der Waals surface area (Å²) in [4.78, 5) is 12.2. The smallest absolute Gasteiger partial charge is 0.163 e. The first-order valence-electron chi connectivity index (χ1n) is 6.74. The van der Waals surface area contributed by atoms with Gasteiger partial charge in [0, 0.05) is 17.7 Å². The fourth-order valence-electron chi connectivity index (χ4n) is 2.26. The van der Waals surface area contributed by atoms with Crippen LogP contribution in [0, 0.1) is 0 Å². The van der Waals surface area contributed by atoms with Crippen molar-refractivity contribution in [3.63, 3.8) is 0 Å². The molecule has 0 saturated heterocycles. The molecule has 21 heavy (non-hydrogen) atoms. The molecule has 0 radical (unpaired) electrons. The molecular formula is C17H19NO3. The zero-order valence-corrected chi connectivity index (χ0v) is 12.3. The Kier molecular flexibility index (Phi) is 4.82. The van der Waals surface area contributed by atoms with Crippen LogP contribution in [-0.2, 0) is 6.42 Å². The molecule has 0 heterocycles. The highest BCUT2D eigenvalue weighted by molar-refractivity contribution is 5.96. The lowest BCUT2D eigenvalue weighted by atomic mass is 10.0. The monoisotopic (exact) mass is 285 g/mol. The number of para-hydroxylation sites is 1. The Morgan fingerprint density at radius 2 is 1.86 bits per heavy atom. The summed E-state index contributed by atoms with van der Waals surface area (Å²) >= 11 is 0.